The standard InChI is InChI=1S/C13H16N4S/c1-10-2-4-12(5-3-10)18-8-13(17-14)11-6-15-9-16-7-11/h2-7,9,13,17H,8,14H2,1H3. The van der Waals surface area contributed by atoms with Crippen molar-refractivity contribution in [3.8, 4) is 0 Å². The lowest BCUT2D eigenvalue weighted by atomic mass is 10.2. The van der Waals surface area contributed by atoms with Crippen molar-refractivity contribution in [3.05, 3.63) is 54.1 Å². The van der Waals surface area contributed by atoms with E-state index in [4.69, 9.17) is 5.84 Å². The molecule has 2 aromatic rings. The Hall–Kier alpha value is -1.43. The van der Waals surface area contributed by atoms with Gasteiger partial charge in [-0.1, -0.05) is 17.7 Å². The molecule has 1 heterocycles. The highest BCUT2D eigenvalue weighted by molar-refractivity contribution is 7.99. The normalized spacial score (nSPS) is 12.3. The molecule has 2 rings (SSSR count). The number of hydrogen-bond donors (Lipinski definition) is 2. The number of nitrogens with one attached hydrogen (secondary N) is 1. The van der Waals surface area contributed by atoms with Crippen LogP contribution in [0.25, 0.3) is 0 Å². The van der Waals surface area contributed by atoms with Gasteiger partial charge in [-0.2, -0.15) is 0 Å². The first-order valence-electron chi connectivity index (χ1n) is 5.70. The SMILES string of the molecule is Cc1ccc(SCC(NN)c2cncnc2)cc1. The number of hydrazine groups is 1. The zero-order chi connectivity index (χ0) is 12.8. The second-order valence-electron chi connectivity index (χ2n) is 4.02. The van der Waals surface area contributed by atoms with Gasteiger partial charge in [-0.15, -0.1) is 11.8 Å². The monoisotopic (exact) mass is 260 g/mol. The highest BCUT2D eigenvalue weighted by Crippen LogP contribution is 2.23. The number of benzene rings is 1. The lowest BCUT2D eigenvalue weighted by molar-refractivity contribution is 0.606. The third-order valence-corrected chi connectivity index (χ3v) is 3.73. The van der Waals surface area contributed by atoms with Crippen molar-refractivity contribution in [2.24, 2.45) is 5.84 Å². The van der Waals surface area contributed by atoms with Crippen LogP contribution in [0.4, 0.5) is 0 Å². The molecule has 0 spiro atoms. The lowest BCUT2D eigenvalue weighted by Gasteiger charge is -2.14. The molecule has 0 bridgehead atoms. The minimum Gasteiger partial charge on any atom is -0.271 e. The topological polar surface area (TPSA) is 63.8 Å². The first kappa shape index (κ1) is 13.0. The molecule has 1 atom stereocenters. The van der Waals surface area contributed by atoms with Gasteiger partial charge in [0.05, 0.1) is 6.04 Å². The van der Waals surface area contributed by atoms with E-state index in [0.717, 1.165) is 11.3 Å². The zero-order valence-corrected chi connectivity index (χ0v) is 11.0. The molecule has 1 unspecified atom stereocenters. The van der Waals surface area contributed by atoms with E-state index in [0.29, 0.717) is 0 Å². The summed E-state index contributed by atoms with van der Waals surface area (Å²) >= 11 is 1.76. The summed E-state index contributed by atoms with van der Waals surface area (Å²) in [7, 11) is 0. The fourth-order valence-corrected chi connectivity index (χ4v) is 2.52. The number of rotatable bonds is 5. The molecule has 0 aliphatic heterocycles. The van der Waals surface area contributed by atoms with Crippen molar-refractivity contribution < 1.29 is 0 Å². The maximum Gasteiger partial charge on any atom is 0.115 e. The highest BCUT2D eigenvalue weighted by atomic mass is 32.2. The van der Waals surface area contributed by atoms with Crippen molar-refractivity contribution in [2.75, 3.05) is 5.75 Å². The van der Waals surface area contributed by atoms with Crippen LogP contribution in [0.2, 0.25) is 0 Å². The molecule has 5 heteroatoms. The van der Waals surface area contributed by atoms with Crippen LogP contribution in [0.5, 0.6) is 0 Å². The number of aromatic nitrogens is 2. The van der Waals surface area contributed by atoms with Gasteiger partial charge >= 0.3 is 0 Å². The van der Waals surface area contributed by atoms with Crippen LogP contribution in [0.15, 0.2) is 47.9 Å². The number of nitrogens with zero attached hydrogens (tertiary/aromatic N) is 2. The molecule has 3 N–H and O–H groups in total. The van der Waals surface area contributed by atoms with Crippen molar-refractivity contribution in [1.29, 1.82) is 0 Å². The number of hydrogen-bond acceptors (Lipinski definition) is 5. The quantitative estimate of drug-likeness (QED) is 0.489. The molecule has 0 amide bonds. The molecule has 0 saturated carbocycles. The number of thioether (sulfide) groups is 1. The fraction of sp³-hybridized carbons (Fsp3) is 0.231. The summed E-state index contributed by atoms with van der Waals surface area (Å²) in [6, 6.07) is 8.51. The van der Waals surface area contributed by atoms with Gasteiger partial charge in [0.2, 0.25) is 0 Å². The fourth-order valence-electron chi connectivity index (χ4n) is 1.55. The Labute approximate surface area is 111 Å². The van der Waals surface area contributed by atoms with E-state index in [1.807, 2.05) is 0 Å². The van der Waals surface area contributed by atoms with Gasteiger partial charge in [-0.05, 0) is 19.1 Å². The first-order chi connectivity index (χ1) is 8.79. The summed E-state index contributed by atoms with van der Waals surface area (Å²) in [5.74, 6) is 6.41. The van der Waals surface area contributed by atoms with E-state index in [2.05, 4.69) is 46.6 Å². The van der Waals surface area contributed by atoms with E-state index in [1.165, 1.54) is 16.8 Å². The van der Waals surface area contributed by atoms with Gasteiger partial charge in [0.25, 0.3) is 0 Å². The maximum absolute atomic E-state index is 5.57. The summed E-state index contributed by atoms with van der Waals surface area (Å²) < 4.78 is 0. The third kappa shape index (κ3) is 3.53. The summed E-state index contributed by atoms with van der Waals surface area (Å²) in [5.41, 5.74) is 5.07. The number of nitrogens with two attached hydrogens (primary N) is 1. The highest BCUT2D eigenvalue weighted by Gasteiger charge is 2.10. The Bertz CT molecular complexity index is 472. The van der Waals surface area contributed by atoms with Crippen LogP contribution in [0.1, 0.15) is 17.2 Å². The maximum atomic E-state index is 5.57. The third-order valence-electron chi connectivity index (χ3n) is 2.62. The van der Waals surface area contributed by atoms with Crippen molar-refractivity contribution >= 4 is 11.8 Å². The van der Waals surface area contributed by atoms with Crippen molar-refractivity contribution in [1.82, 2.24) is 15.4 Å². The Morgan fingerprint density at radius 1 is 1.22 bits per heavy atom. The average Bonchev–Trinajstić information content (AvgIpc) is 2.43. The summed E-state index contributed by atoms with van der Waals surface area (Å²) in [6.45, 7) is 2.08. The van der Waals surface area contributed by atoms with E-state index in [1.54, 1.807) is 24.2 Å². The molecule has 94 valence electrons. The van der Waals surface area contributed by atoms with Gasteiger partial charge in [-0.3, -0.25) is 11.3 Å². The molecular weight excluding hydrogens is 244 g/mol. The molecule has 18 heavy (non-hydrogen) atoms. The molecule has 0 aliphatic rings. The second-order valence-corrected chi connectivity index (χ2v) is 5.11. The number of aryl methyl sites for hydroxylation is 1. The Kier molecular flexibility index (Phi) is 4.69. The smallest absolute Gasteiger partial charge is 0.115 e. The minimum atomic E-state index is 0.0532. The summed E-state index contributed by atoms with van der Waals surface area (Å²) in [5, 5.41) is 0. The van der Waals surface area contributed by atoms with Gasteiger partial charge in [-0.25, -0.2) is 9.97 Å². The van der Waals surface area contributed by atoms with Gasteiger partial charge in [0, 0.05) is 28.6 Å². The largest absolute Gasteiger partial charge is 0.271 e. The zero-order valence-electron chi connectivity index (χ0n) is 10.2. The molecule has 0 fully saturated rings. The predicted molar refractivity (Wildman–Crippen MR) is 74.0 cm³/mol. The molecule has 0 saturated heterocycles. The molecule has 1 aromatic heterocycles. The van der Waals surface area contributed by atoms with Crippen molar-refractivity contribution in [2.45, 2.75) is 17.9 Å². The molecule has 0 aliphatic carbocycles. The van der Waals surface area contributed by atoms with Crippen LogP contribution in [-0.4, -0.2) is 15.7 Å². The van der Waals surface area contributed by atoms with E-state index in [-0.39, 0.29) is 6.04 Å². The van der Waals surface area contributed by atoms with E-state index in [9.17, 15) is 0 Å². The average molecular weight is 260 g/mol. The Morgan fingerprint density at radius 3 is 2.50 bits per heavy atom. The van der Waals surface area contributed by atoms with Crippen LogP contribution < -0.4 is 11.3 Å². The van der Waals surface area contributed by atoms with E-state index < -0.39 is 0 Å². The summed E-state index contributed by atoms with van der Waals surface area (Å²) in [6.07, 6.45) is 5.09. The minimum absolute atomic E-state index is 0.0532. The lowest BCUT2D eigenvalue weighted by Crippen LogP contribution is -2.29. The Morgan fingerprint density at radius 2 is 1.89 bits per heavy atom. The van der Waals surface area contributed by atoms with Crippen LogP contribution in [0.3, 0.4) is 0 Å². The van der Waals surface area contributed by atoms with Crippen molar-refractivity contribution in [3.63, 3.8) is 0 Å². The van der Waals surface area contributed by atoms with Crippen LogP contribution in [0, 0.1) is 6.92 Å². The summed E-state index contributed by atoms with van der Waals surface area (Å²) in [4.78, 5) is 9.24. The predicted octanol–water partition coefficient (Wildman–Crippen LogP) is 2.08. The van der Waals surface area contributed by atoms with Crippen LogP contribution >= 0.6 is 11.8 Å². The first-order valence-corrected chi connectivity index (χ1v) is 6.68. The van der Waals surface area contributed by atoms with Gasteiger partial charge < -0.3 is 0 Å². The Balaban J connectivity index is 1.97. The molecule has 1 aromatic carbocycles. The van der Waals surface area contributed by atoms with Crippen LogP contribution in [-0.2, 0) is 0 Å². The van der Waals surface area contributed by atoms with Gasteiger partial charge in [0.1, 0.15) is 6.33 Å². The van der Waals surface area contributed by atoms with Gasteiger partial charge in [0.15, 0.2) is 0 Å². The van der Waals surface area contributed by atoms with E-state index >= 15 is 0 Å². The second kappa shape index (κ2) is 6.49. The molecule has 0 radical (unpaired) electrons. The molecule has 4 nitrogen and oxygen atoms in total. The molecular formula is C13H16N4S.